The number of rotatable bonds is 4. The van der Waals surface area contributed by atoms with E-state index in [9.17, 15) is 14.0 Å². The van der Waals surface area contributed by atoms with Crippen molar-refractivity contribution < 1.29 is 14.0 Å². The quantitative estimate of drug-likeness (QED) is 0.743. The SMILES string of the molecule is CC(C)c1cc2n(n1)C[C@@](C)(C(=O)NC1CCCCCCC1)N(c1cccc(F)c1)C2=O. The van der Waals surface area contributed by atoms with Crippen LogP contribution < -0.4 is 10.2 Å². The molecule has 2 heterocycles. The van der Waals surface area contributed by atoms with Gasteiger partial charge in [-0.2, -0.15) is 5.10 Å². The second-order valence-corrected chi connectivity index (χ2v) is 9.68. The Morgan fingerprint density at radius 2 is 1.84 bits per heavy atom. The Bertz CT molecular complexity index is 994. The van der Waals surface area contributed by atoms with E-state index >= 15 is 0 Å². The van der Waals surface area contributed by atoms with Gasteiger partial charge < -0.3 is 5.32 Å². The van der Waals surface area contributed by atoms with Crippen LogP contribution in [-0.2, 0) is 11.3 Å². The number of carbonyl (C=O) groups is 2. The van der Waals surface area contributed by atoms with Crippen LogP contribution in [0.2, 0.25) is 0 Å². The zero-order chi connectivity index (χ0) is 22.9. The zero-order valence-electron chi connectivity index (χ0n) is 19.2. The smallest absolute Gasteiger partial charge is 0.277 e. The van der Waals surface area contributed by atoms with Gasteiger partial charge in [0.15, 0.2) is 0 Å². The summed E-state index contributed by atoms with van der Waals surface area (Å²) in [5.74, 6) is -0.844. The van der Waals surface area contributed by atoms with Gasteiger partial charge in [0, 0.05) is 11.7 Å². The summed E-state index contributed by atoms with van der Waals surface area (Å²) in [6, 6.07) is 7.77. The number of halogens is 1. The highest BCUT2D eigenvalue weighted by Gasteiger charge is 2.49. The molecule has 0 unspecified atom stereocenters. The molecule has 32 heavy (non-hydrogen) atoms. The van der Waals surface area contributed by atoms with Crippen LogP contribution in [0.4, 0.5) is 10.1 Å². The molecule has 4 rings (SSSR count). The minimum Gasteiger partial charge on any atom is -0.351 e. The lowest BCUT2D eigenvalue weighted by molar-refractivity contribution is -0.127. The van der Waals surface area contributed by atoms with Crippen molar-refractivity contribution >= 4 is 17.5 Å². The molecular weight excluding hydrogens is 407 g/mol. The number of amides is 2. The van der Waals surface area contributed by atoms with Crippen LogP contribution >= 0.6 is 0 Å². The molecular formula is C25H33FN4O2. The fourth-order valence-electron chi connectivity index (χ4n) is 4.84. The van der Waals surface area contributed by atoms with Gasteiger partial charge in [-0.15, -0.1) is 0 Å². The number of hydrogen-bond donors (Lipinski definition) is 1. The minimum absolute atomic E-state index is 0.0920. The van der Waals surface area contributed by atoms with Gasteiger partial charge in [0.25, 0.3) is 5.91 Å². The molecule has 2 aromatic rings. The Kier molecular flexibility index (Phi) is 6.35. The van der Waals surface area contributed by atoms with Gasteiger partial charge in [0.2, 0.25) is 5.91 Å². The van der Waals surface area contributed by atoms with Crippen LogP contribution in [0.25, 0.3) is 0 Å². The summed E-state index contributed by atoms with van der Waals surface area (Å²) in [5, 5.41) is 7.84. The summed E-state index contributed by atoms with van der Waals surface area (Å²) < 4.78 is 15.8. The van der Waals surface area contributed by atoms with Gasteiger partial charge in [0.1, 0.15) is 17.1 Å². The first-order valence-electron chi connectivity index (χ1n) is 11.8. The van der Waals surface area contributed by atoms with Gasteiger partial charge >= 0.3 is 0 Å². The second kappa shape index (κ2) is 9.04. The number of aromatic nitrogens is 2. The third kappa shape index (κ3) is 4.30. The second-order valence-electron chi connectivity index (χ2n) is 9.68. The number of anilines is 1. The molecule has 1 aromatic carbocycles. The van der Waals surface area contributed by atoms with Crippen molar-refractivity contribution in [3.8, 4) is 0 Å². The van der Waals surface area contributed by atoms with E-state index in [4.69, 9.17) is 0 Å². The van der Waals surface area contributed by atoms with E-state index in [1.807, 2.05) is 13.8 Å². The van der Waals surface area contributed by atoms with Gasteiger partial charge in [-0.1, -0.05) is 52.0 Å². The Morgan fingerprint density at radius 3 is 2.50 bits per heavy atom. The average Bonchev–Trinajstić information content (AvgIpc) is 3.14. The third-order valence-corrected chi connectivity index (χ3v) is 6.76. The van der Waals surface area contributed by atoms with Crippen molar-refractivity contribution in [2.24, 2.45) is 0 Å². The molecule has 1 aliphatic carbocycles. The summed E-state index contributed by atoms with van der Waals surface area (Å²) in [7, 11) is 0. The molecule has 1 atom stereocenters. The van der Waals surface area contributed by atoms with Gasteiger partial charge in [0.05, 0.1) is 12.2 Å². The van der Waals surface area contributed by atoms with Gasteiger partial charge in [-0.05, 0) is 49.9 Å². The van der Waals surface area contributed by atoms with Crippen LogP contribution in [0.5, 0.6) is 0 Å². The molecule has 0 saturated heterocycles. The standard InChI is InChI=1S/C25H33FN4O2/c1-17(2)21-15-22-23(31)30(20-13-9-10-18(26)14-20)25(3,16-29(22)28-21)24(32)27-19-11-7-5-4-6-8-12-19/h9-10,13-15,17,19H,4-8,11-12,16H2,1-3H3,(H,27,32)/t25-/m0/s1. The molecule has 1 aliphatic heterocycles. The molecule has 6 nitrogen and oxygen atoms in total. The van der Waals surface area contributed by atoms with E-state index in [1.165, 1.54) is 36.3 Å². The normalized spacial score (nSPS) is 22.4. The van der Waals surface area contributed by atoms with Crippen molar-refractivity contribution in [1.29, 1.82) is 0 Å². The van der Waals surface area contributed by atoms with Crippen molar-refractivity contribution in [3.63, 3.8) is 0 Å². The van der Waals surface area contributed by atoms with Crippen LogP contribution in [0.15, 0.2) is 30.3 Å². The first kappa shape index (κ1) is 22.5. The number of nitrogens with one attached hydrogen (secondary N) is 1. The lowest BCUT2D eigenvalue weighted by atomic mass is 9.91. The van der Waals surface area contributed by atoms with E-state index in [2.05, 4.69) is 10.4 Å². The monoisotopic (exact) mass is 440 g/mol. The highest BCUT2D eigenvalue weighted by atomic mass is 19.1. The first-order chi connectivity index (χ1) is 15.3. The molecule has 0 radical (unpaired) electrons. The van der Waals surface area contributed by atoms with Crippen LogP contribution in [0.3, 0.4) is 0 Å². The van der Waals surface area contributed by atoms with Crippen molar-refractivity contribution in [1.82, 2.24) is 15.1 Å². The largest absolute Gasteiger partial charge is 0.351 e. The summed E-state index contributed by atoms with van der Waals surface area (Å²) >= 11 is 0. The third-order valence-electron chi connectivity index (χ3n) is 6.76. The number of fused-ring (bicyclic) bond motifs is 1. The maximum atomic E-state index is 14.1. The predicted octanol–water partition coefficient (Wildman–Crippen LogP) is 4.79. The Balaban J connectivity index is 1.71. The maximum Gasteiger partial charge on any atom is 0.277 e. The number of hydrogen-bond acceptors (Lipinski definition) is 3. The summed E-state index contributed by atoms with van der Waals surface area (Å²) in [4.78, 5) is 28.8. The maximum absolute atomic E-state index is 14.1. The number of nitrogens with zero attached hydrogens (tertiary/aromatic N) is 3. The van der Waals surface area contributed by atoms with Crippen molar-refractivity contribution in [2.75, 3.05) is 4.90 Å². The topological polar surface area (TPSA) is 67.2 Å². The van der Waals surface area contributed by atoms with Gasteiger partial charge in [-0.3, -0.25) is 19.2 Å². The molecule has 1 saturated carbocycles. The summed E-state index contributed by atoms with van der Waals surface area (Å²) in [6.45, 7) is 6.01. The lowest BCUT2D eigenvalue weighted by Crippen LogP contribution is -2.65. The zero-order valence-corrected chi connectivity index (χ0v) is 19.2. The molecule has 1 fully saturated rings. The van der Waals surface area contributed by atoms with Crippen molar-refractivity contribution in [3.05, 3.63) is 47.5 Å². The van der Waals surface area contributed by atoms with E-state index in [1.54, 1.807) is 29.8 Å². The van der Waals surface area contributed by atoms with Gasteiger partial charge in [-0.25, -0.2) is 4.39 Å². The van der Waals surface area contributed by atoms with Crippen LogP contribution in [0, 0.1) is 5.82 Å². The van der Waals surface area contributed by atoms with Crippen molar-refractivity contribution in [2.45, 2.75) is 89.8 Å². The Hall–Kier alpha value is -2.70. The molecule has 1 N–H and O–H groups in total. The Morgan fingerprint density at radius 1 is 1.16 bits per heavy atom. The highest BCUT2D eigenvalue weighted by Crippen LogP contribution is 2.34. The number of carbonyl (C=O) groups excluding carboxylic acids is 2. The van der Waals surface area contributed by atoms with E-state index < -0.39 is 11.4 Å². The highest BCUT2D eigenvalue weighted by molar-refractivity contribution is 6.11. The summed E-state index contributed by atoms with van der Waals surface area (Å²) in [5.41, 5.74) is 0.385. The van der Waals surface area contributed by atoms with E-state index in [-0.39, 0.29) is 30.3 Å². The molecule has 2 amide bonds. The fourth-order valence-corrected chi connectivity index (χ4v) is 4.84. The van der Waals surface area contributed by atoms with E-state index in [0.29, 0.717) is 11.4 Å². The molecule has 1 aromatic heterocycles. The lowest BCUT2D eigenvalue weighted by Gasteiger charge is -2.43. The first-order valence-corrected chi connectivity index (χ1v) is 11.8. The average molecular weight is 441 g/mol. The van der Waals surface area contributed by atoms with Crippen LogP contribution in [-0.4, -0.2) is 33.2 Å². The fraction of sp³-hybridized carbons (Fsp3) is 0.560. The minimum atomic E-state index is -1.22. The molecule has 2 aliphatic rings. The molecule has 0 bridgehead atoms. The molecule has 172 valence electrons. The summed E-state index contributed by atoms with van der Waals surface area (Å²) in [6.07, 6.45) is 7.70. The molecule has 7 heteroatoms. The predicted molar refractivity (Wildman–Crippen MR) is 122 cm³/mol. The van der Waals surface area contributed by atoms with E-state index in [0.717, 1.165) is 31.4 Å². The number of benzene rings is 1. The Labute approximate surface area is 189 Å². The molecule has 0 spiro atoms. The van der Waals surface area contributed by atoms with Crippen LogP contribution in [0.1, 0.15) is 87.8 Å².